The van der Waals surface area contributed by atoms with Gasteiger partial charge in [-0.3, -0.25) is 4.79 Å². The standard InChI is InChI=1S/C24H35ClN2O4/c1-23(2,3)31-22(29)27-12-8-17(9-13-27)15-24(10-11-24)16-30-18-6-7-19(20(25)14-18)21(28)26(4)5/h6-7,14,17H,8-13,15-16H2,1-5H3. The minimum Gasteiger partial charge on any atom is -0.493 e. The molecule has 1 aromatic carbocycles. The van der Waals surface area contributed by atoms with Gasteiger partial charge in [0.05, 0.1) is 17.2 Å². The van der Waals surface area contributed by atoms with Crippen LogP contribution in [0.15, 0.2) is 18.2 Å². The molecule has 31 heavy (non-hydrogen) atoms. The van der Waals surface area contributed by atoms with Gasteiger partial charge in [-0.05, 0) is 77.0 Å². The molecule has 0 bridgehead atoms. The maximum atomic E-state index is 12.3. The lowest BCUT2D eigenvalue weighted by Crippen LogP contribution is -2.42. The monoisotopic (exact) mass is 450 g/mol. The van der Waals surface area contributed by atoms with Gasteiger partial charge in [0, 0.05) is 32.6 Å². The van der Waals surface area contributed by atoms with Gasteiger partial charge in [0.25, 0.3) is 5.91 Å². The van der Waals surface area contributed by atoms with Crippen molar-refractivity contribution < 1.29 is 19.1 Å². The Bertz CT molecular complexity index is 806. The fourth-order valence-corrected chi connectivity index (χ4v) is 4.33. The van der Waals surface area contributed by atoms with Crippen LogP contribution >= 0.6 is 11.6 Å². The highest BCUT2D eigenvalue weighted by molar-refractivity contribution is 6.34. The van der Waals surface area contributed by atoms with Gasteiger partial charge in [-0.2, -0.15) is 0 Å². The van der Waals surface area contributed by atoms with E-state index in [1.54, 1.807) is 26.2 Å². The van der Waals surface area contributed by atoms with E-state index in [0.29, 0.717) is 28.9 Å². The molecular formula is C24H35ClN2O4. The summed E-state index contributed by atoms with van der Waals surface area (Å²) in [5.74, 6) is 1.19. The van der Waals surface area contributed by atoms with E-state index in [-0.39, 0.29) is 17.4 Å². The van der Waals surface area contributed by atoms with Crippen LogP contribution in [0.3, 0.4) is 0 Å². The van der Waals surface area contributed by atoms with E-state index in [0.717, 1.165) is 32.4 Å². The number of piperidine rings is 1. The number of nitrogens with zero attached hydrogens (tertiary/aromatic N) is 2. The SMILES string of the molecule is CN(C)C(=O)c1ccc(OCC2(CC3CCN(C(=O)OC(C)(C)C)CC3)CC2)cc1Cl. The fraction of sp³-hybridized carbons (Fsp3) is 0.667. The molecule has 1 aliphatic heterocycles. The number of carbonyl (C=O) groups excluding carboxylic acids is 2. The van der Waals surface area contributed by atoms with Crippen LogP contribution in [0.5, 0.6) is 5.75 Å². The molecule has 1 saturated heterocycles. The third kappa shape index (κ3) is 6.52. The van der Waals surface area contributed by atoms with Crippen molar-refractivity contribution >= 4 is 23.6 Å². The largest absolute Gasteiger partial charge is 0.493 e. The number of hydrogen-bond acceptors (Lipinski definition) is 4. The number of halogens is 1. The smallest absolute Gasteiger partial charge is 0.410 e. The van der Waals surface area contributed by atoms with Crippen molar-refractivity contribution in [2.75, 3.05) is 33.8 Å². The predicted octanol–water partition coefficient (Wildman–Crippen LogP) is 5.24. The van der Waals surface area contributed by atoms with E-state index < -0.39 is 5.60 Å². The van der Waals surface area contributed by atoms with Crippen molar-refractivity contribution in [2.24, 2.45) is 11.3 Å². The van der Waals surface area contributed by atoms with Gasteiger partial charge in [0.1, 0.15) is 11.4 Å². The fourth-order valence-electron chi connectivity index (χ4n) is 4.08. The van der Waals surface area contributed by atoms with E-state index >= 15 is 0 Å². The first-order valence-corrected chi connectivity index (χ1v) is 11.5. The Morgan fingerprint density at radius 2 is 1.84 bits per heavy atom. The number of rotatable bonds is 6. The summed E-state index contributed by atoms with van der Waals surface area (Å²) in [5.41, 5.74) is 0.255. The highest BCUT2D eigenvalue weighted by Gasteiger charge is 2.45. The van der Waals surface area contributed by atoms with Crippen molar-refractivity contribution in [1.29, 1.82) is 0 Å². The van der Waals surface area contributed by atoms with Crippen LogP contribution in [0, 0.1) is 11.3 Å². The number of amides is 2. The second-order valence-corrected chi connectivity index (χ2v) is 10.7. The first kappa shape index (κ1) is 23.7. The average molecular weight is 451 g/mol. The van der Waals surface area contributed by atoms with Crippen molar-refractivity contribution in [3.8, 4) is 5.75 Å². The molecule has 1 heterocycles. The van der Waals surface area contributed by atoms with Gasteiger partial charge in [0.15, 0.2) is 0 Å². The van der Waals surface area contributed by atoms with Crippen LogP contribution in [0.2, 0.25) is 5.02 Å². The van der Waals surface area contributed by atoms with Crippen LogP contribution in [-0.4, -0.2) is 61.2 Å². The summed E-state index contributed by atoms with van der Waals surface area (Å²) >= 11 is 6.30. The molecule has 1 aromatic rings. The van der Waals surface area contributed by atoms with Gasteiger partial charge in [-0.25, -0.2) is 4.79 Å². The first-order valence-electron chi connectivity index (χ1n) is 11.1. The molecule has 1 saturated carbocycles. The third-order valence-electron chi connectivity index (χ3n) is 6.07. The van der Waals surface area contributed by atoms with E-state index in [2.05, 4.69) is 0 Å². The maximum absolute atomic E-state index is 12.3. The number of ether oxygens (including phenoxy) is 2. The summed E-state index contributed by atoms with van der Waals surface area (Å²) in [6.45, 7) is 7.87. The summed E-state index contributed by atoms with van der Waals surface area (Å²) in [5, 5.41) is 0.413. The zero-order valence-electron chi connectivity index (χ0n) is 19.4. The van der Waals surface area contributed by atoms with Crippen molar-refractivity contribution in [3.05, 3.63) is 28.8 Å². The summed E-state index contributed by atoms with van der Waals surface area (Å²) in [4.78, 5) is 27.7. The lowest BCUT2D eigenvalue weighted by Gasteiger charge is -2.34. The Morgan fingerprint density at radius 1 is 1.19 bits per heavy atom. The minimum atomic E-state index is -0.454. The molecule has 0 spiro atoms. The molecule has 0 radical (unpaired) electrons. The topological polar surface area (TPSA) is 59.1 Å². The first-order chi connectivity index (χ1) is 14.5. The number of carbonyl (C=O) groups is 2. The third-order valence-corrected chi connectivity index (χ3v) is 6.38. The van der Waals surface area contributed by atoms with Crippen molar-refractivity contribution in [1.82, 2.24) is 9.80 Å². The zero-order valence-corrected chi connectivity index (χ0v) is 20.1. The molecule has 2 amide bonds. The average Bonchev–Trinajstić information content (AvgIpc) is 3.45. The lowest BCUT2D eigenvalue weighted by molar-refractivity contribution is 0.0169. The van der Waals surface area contributed by atoms with Gasteiger partial charge >= 0.3 is 6.09 Å². The van der Waals surface area contributed by atoms with Crippen molar-refractivity contribution in [2.45, 2.75) is 58.5 Å². The zero-order chi connectivity index (χ0) is 22.8. The molecule has 1 aliphatic carbocycles. The molecule has 0 unspecified atom stereocenters. The van der Waals surface area contributed by atoms with Gasteiger partial charge in [-0.1, -0.05) is 11.6 Å². The molecule has 172 valence electrons. The number of benzene rings is 1. The van der Waals surface area contributed by atoms with E-state index in [1.807, 2.05) is 31.7 Å². The van der Waals surface area contributed by atoms with Gasteiger partial charge in [0.2, 0.25) is 0 Å². The Labute approximate surface area is 190 Å². The molecule has 2 aliphatic rings. The summed E-state index contributed by atoms with van der Waals surface area (Å²) in [7, 11) is 3.41. The van der Waals surface area contributed by atoms with Gasteiger partial charge in [-0.15, -0.1) is 0 Å². The van der Waals surface area contributed by atoms with Crippen LogP contribution in [0.25, 0.3) is 0 Å². The van der Waals surface area contributed by atoms with E-state index in [9.17, 15) is 9.59 Å². The maximum Gasteiger partial charge on any atom is 0.410 e. The van der Waals surface area contributed by atoms with Crippen LogP contribution in [0.1, 0.15) is 63.2 Å². The van der Waals surface area contributed by atoms with Crippen LogP contribution in [-0.2, 0) is 4.74 Å². The summed E-state index contributed by atoms with van der Waals surface area (Å²) in [6.07, 6.45) is 5.28. The molecular weight excluding hydrogens is 416 g/mol. The van der Waals surface area contributed by atoms with Crippen LogP contribution in [0.4, 0.5) is 4.79 Å². The molecule has 7 heteroatoms. The van der Waals surface area contributed by atoms with E-state index in [1.165, 1.54) is 17.7 Å². The highest BCUT2D eigenvalue weighted by Crippen LogP contribution is 2.52. The Kier molecular flexibility index (Phi) is 7.09. The lowest BCUT2D eigenvalue weighted by atomic mass is 9.86. The molecule has 3 rings (SSSR count). The number of hydrogen-bond donors (Lipinski definition) is 0. The predicted molar refractivity (Wildman–Crippen MR) is 122 cm³/mol. The quantitative estimate of drug-likeness (QED) is 0.594. The Balaban J connectivity index is 1.47. The number of likely N-dealkylation sites (tertiary alicyclic amines) is 1. The van der Waals surface area contributed by atoms with E-state index in [4.69, 9.17) is 21.1 Å². The normalized spacial score (nSPS) is 18.5. The highest BCUT2D eigenvalue weighted by atomic mass is 35.5. The molecule has 0 N–H and O–H groups in total. The van der Waals surface area contributed by atoms with Gasteiger partial charge < -0.3 is 19.3 Å². The molecule has 0 atom stereocenters. The second-order valence-electron chi connectivity index (χ2n) is 10.2. The molecule has 6 nitrogen and oxygen atoms in total. The second kappa shape index (κ2) is 9.27. The molecule has 0 aromatic heterocycles. The van der Waals surface area contributed by atoms with Crippen molar-refractivity contribution in [3.63, 3.8) is 0 Å². The summed E-state index contributed by atoms with van der Waals surface area (Å²) in [6, 6.07) is 5.28. The Morgan fingerprint density at radius 3 is 2.35 bits per heavy atom. The van der Waals surface area contributed by atoms with Crippen LogP contribution < -0.4 is 4.74 Å². The summed E-state index contributed by atoms with van der Waals surface area (Å²) < 4.78 is 11.6. The Hall–Kier alpha value is -1.95. The molecule has 2 fully saturated rings. The minimum absolute atomic E-state index is 0.118.